The summed E-state index contributed by atoms with van der Waals surface area (Å²) in [6.07, 6.45) is -1.11. The topological polar surface area (TPSA) is 107 Å². The molecule has 2 aromatic carbocycles. The number of piperazine rings is 1. The van der Waals surface area contributed by atoms with Crippen molar-refractivity contribution in [2.24, 2.45) is 5.73 Å². The summed E-state index contributed by atoms with van der Waals surface area (Å²) in [5.41, 5.74) is 6.55. The minimum absolute atomic E-state index is 0.183. The second-order valence-corrected chi connectivity index (χ2v) is 8.24. The van der Waals surface area contributed by atoms with Crippen LogP contribution in [-0.2, 0) is 4.79 Å². The van der Waals surface area contributed by atoms with Gasteiger partial charge in [0.15, 0.2) is 29.1 Å². The van der Waals surface area contributed by atoms with Crippen LogP contribution in [0, 0.1) is 0 Å². The zero-order valence-corrected chi connectivity index (χ0v) is 17.7. The number of rotatable bonds is 6. The van der Waals surface area contributed by atoms with Gasteiger partial charge in [-0.05, 0) is 29.8 Å². The van der Waals surface area contributed by atoms with E-state index < -0.39 is 24.2 Å². The molecule has 9 heteroatoms. The number of carbonyl (C=O) groups is 1. The molecule has 170 valence electrons. The first kappa shape index (κ1) is 20.9. The smallest absolute Gasteiger partial charge is 0.239 e. The molecule has 3 unspecified atom stereocenters. The van der Waals surface area contributed by atoms with Crippen LogP contribution in [0.4, 0.5) is 0 Å². The minimum Gasteiger partial charge on any atom is -0.486 e. The van der Waals surface area contributed by atoms with Gasteiger partial charge < -0.3 is 29.8 Å². The molecule has 3 heterocycles. The molecule has 1 saturated heterocycles. The van der Waals surface area contributed by atoms with Crippen LogP contribution < -0.4 is 24.7 Å². The summed E-state index contributed by atoms with van der Waals surface area (Å²) in [7, 11) is 0. The summed E-state index contributed by atoms with van der Waals surface area (Å²) < 4.78 is 22.4. The van der Waals surface area contributed by atoms with E-state index in [9.17, 15) is 9.90 Å². The Kier molecular flexibility index (Phi) is 5.77. The van der Waals surface area contributed by atoms with E-state index in [2.05, 4.69) is 9.80 Å². The van der Waals surface area contributed by atoms with Gasteiger partial charge in [0.2, 0.25) is 12.7 Å². The Labute approximate surface area is 186 Å². The normalized spacial score (nSPS) is 22.3. The van der Waals surface area contributed by atoms with E-state index in [1.807, 2.05) is 42.5 Å². The van der Waals surface area contributed by atoms with Crippen LogP contribution in [-0.4, -0.2) is 79.1 Å². The second-order valence-electron chi connectivity index (χ2n) is 8.24. The number of para-hydroxylation sites is 2. The standard InChI is InChI=1S/C23H27N3O6/c24-23(28)22(15-5-6-18-20(11-15)31-14-30-18)26-9-7-25(8-10-26)12-16(27)21-13-29-17-3-1-2-4-19(17)32-21/h1-6,11,16,21-22,27H,7-10,12-14H2,(H2,24,28). The number of hydrogen-bond acceptors (Lipinski definition) is 8. The van der Waals surface area contributed by atoms with Crippen molar-refractivity contribution in [1.29, 1.82) is 0 Å². The summed E-state index contributed by atoms with van der Waals surface area (Å²) in [6.45, 7) is 3.67. The van der Waals surface area contributed by atoms with Crippen LogP contribution in [0.5, 0.6) is 23.0 Å². The quantitative estimate of drug-likeness (QED) is 0.677. The van der Waals surface area contributed by atoms with Crippen molar-refractivity contribution < 1.29 is 28.8 Å². The van der Waals surface area contributed by atoms with Gasteiger partial charge in [-0.25, -0.2) is 0 Å². The number of nitrogens with two attached hydrogens (primary N) is 1. The van der Waals surface area contributed by atoms with Gasteiger partial charge in [-0.1, -0.05) is 18.2 Å². The van der Waals surface area contributed by atoms with Crippen molar-refractivity contribution in [3.05, 3.63) is 48.0 Å². The number of β-amino-alcohol motifs (C(OH)–C–C–N with tert-alkyl or cyclic N) is 1. The van der Waals surface area contributed by atoms with Gasteiger partial charge in [0, 0.05) is 32.7 Å². The van der Waals surface area contributed by atoms with Crippen LogP contribution in [0.1, 0.15) is 11.6 Å². The Hall–Kier alpha value is -3.01. The van der Waals surface area contributed by atoms with Gasteiger partial charge in [0.1, 0.15) is 18.8 Å². The third-order valence-corrected chi connectivity index (χ3v) is 6.16. The maximum Gasteiger partial charge on any atom is 0.239 e. The number of fused-ring (bicyclic) bond motifs is 2. The third-order valence-electron chi connectivity index (χ3n) is 6.16. The van der Waals surface area contributed by atoms with E-state index in [4.69, 9.17) is 24.7 Å². The van der Waals surface area contributed by atoms with Crippen molar-refractivity contribution in [3.63, 3.8) is 0 Å². The summed E-state index contributed by atoms with van der Waals surface area (Å²) in [5, 5.41) is 10.7. The molecule has 0 saturated carbocycles. The van der Waals surface area contributed by atoms with Crippen molar-refractivity contribution in [2.75, 3.05) is 46.1 Å². The maximum atomic E-state index is 12.3. The Morgan fingerprint density at radius 3 is 2.50 bits per heavy atom. The lowest BCUT2D eigenvalue weighted by atomic mass is 10.0. The van der Waals surface area contributed by atoms with Crippen LogP contribution >= 0.6 is 0 Å². The van der Waals surface area contributed by atoms with E-state index in [-0.39, 0.29) is 6.79 Å². The number of primary amides is 1. The van der Waals surface area contributed by atoms with Crippen LogP contribution in [0.3, 0.4) is 0 Å². The number of amides is 1. The molecule has 0 spiro atoms. The molecular weight excluding hydrogens is 414 g/mol. The predicted molar refractivity (Wildman–Crippen MR) is 115 cm³/mol. The molecule has 32 heavy (non-hydrogen) atoms. The number of nitrogens with zero attached hydrogens (tertiary/aromatic N) is 2. The molecule has 3 atom stereocenters. The molecule has 0 aromatic heterocycles. The number of benzene rings is 2. The molecule has 9 nitrogen and oxygen atoms in total. The van der Waals surface area contributed by atoms with E-state index in [0.29, 0.717) is 62.3 Å². The molecule has 1 amide bonds. The van der Waals surface area contributed by atoms with Gasteiger partial charge >= 0.3 is 0 Å². The molecule has 5 rings (SSSR count). The van der Waals surface area contributed by atoms with Crippen LogP contribution in [0.2, 0.25) is 0 Å². The summed E-state index contributed by atoms with van der Waals surface area (Å²) in [5.74, 6) is 2.26. The third kappa shape index (κ3) is 4.19. The summed E-state index contributed by atoms with van der Waals surface area (Å²) >= 11 is 0. The highest BCUT2D eigenvalue weighted by atomic mass is 16.7. The highest BCUT2D eigenvalue weighted by Gasteiger charge is 2.33. The summed E-state index contributed by atoms with van der Waals surface area (Å²) in [6, 6.07) is 12.4. The number of aliphatic hydroxyl groups is 1. The molecule has 0 aliphatic carbocycles. The van der Waals surface area contributed by atoms with E-state index in [1.165, 1.54) is 0 Å². The largest absolute Gasteiger partial charge is 0.486 e. The lowest BCUT2D eigenvalue weighted by Crippen LogP contribution is -2.54. The first-order chi connectivity index (χ1) is 15.6. The van der Waals surface area contributed by atoms with Crippen LogP contribution in [0.25, 0.3) is 0 Å². The van der Waals surface area contributed by atoms with E-state index >= 15 is 0 Å². The molecule has 3 aliphatic rings. The van der Waals surface area contributed by atoms with Crippen molar-refractivity contribution in [1.82, 2.24) is 9.80 Å². The van der Waals surface area contributed by atoms with Crippen molar-refractivity contribution in [3.8, 4) is 23.0 Å². The Balaban J connectivity index is 1.18. The first-order valence-corrected chi connectivity index (χ1v) is 10.8. The molecule has 3 N–H and O–H groups in total. The average molecular weight is 441 g/mol. The number of aliphatic hydroxyl groups excluding tert-OH is 1. The average Bonchev–Trinajstić information content (AvgIpc) is 3.28. The summed E-state index contributed by atoms with van der Waals surface area (Å²) in [4.78, 5) is 16.5. The molecule has 0 bridgehead atoms. The fourth-order valence-electron chi connectivity index (χ4n) is 4.45. The zero-order chi connectivity index (χ0) is 22.1. The van der Waals surface area contributed by atoms with Gasteiger partial charge in [0.05, 0.1) is 0 Å². The predicted octanol–water partition coefficient (Wildman–Crippen LogP) is 0.760. The zero-order valence-electron chi connectivity index (χ0n) is 17.7. The first-order valence-electron chi connectivity index (χ1n) is 10.8. The molecular formula is C23H27N3O6. The van der Waals surface area contributed by atoms with Crippen molar-refractivity contribution in [2.45, 2.75) is 18.2 Å². The highest BCUT2D eigenvalue weighted by molar-refractivity contribution is 5.81. The Bertz CT molecular complexity index is 978. The maximum absolute atomic E-state index is 12.3. The lowest BCUT2D eigenvalue weighted by Gasteiger charge is -2.39. The number of carbonyl (C=O) groups excluding carboxylic acids is 1. The molecule has 0 radical (unpaired) electrons. The van der Waals surface area contributed by atoms with Gasteiger partial charge in [-0.2, -0.15) is 0 Å². The van der Waals surface area contributed by atoms with Gasteiger partial charge in [-0.3, -0.25) is 14.6 Å². The molecule has 2 aromatic rings. The fourth-order valence-corrected chi connectivity index (χ4v) is 4.45. The monoisotopic (exact) mass is 441 g/mol. The van der Waals surface area contributed by atoms with Crippen LogP contribution in [0.15, 0.2) is 42.5 Å². The Morgan fingerprint density at radius 1 is 1.00 bits per heavy atom. The fraction of sp³-hybridized carbons (Fsp3) is 0.435. The SMILES string of the molecule is NC(=O)C(c1ccc2c(c1)OCO2)N1CCN(CC(O)C2COc3ccccc3O2)CC1. The van der Waals surface area contributed by atoms with E-state index in [0.717, 1.165) is 5.56 Å². The highest BCUT2D eigenvalue weighted by Crippen LogP contribution is 2.36. The number of ether oxygens (including phenoxy) is 4. The second kappa shape index (κ2) is 8.85. The van der Waals surface area contributed by atoms with Gasteiger partial charge in [0.25, 0.3) is 0 Å². The minimum atomic E-state index is -0.685. The lowest BCUT2D eigenvalue weighted by molar-refractivity contribution is -0.124. The molecule has 3 aliphatic heterocycles. The van der Waals surface area contributed by atoms with Gasteiger partial charge in [-0.15, -0.1) is 0 Å². The van der Waals surface area contributed by atoms with E-state index in [1.54, 1.807) is 0 Å². The van der Waals surface area contributed by atoms with Crippen molar-refractivity contribution >= 4 is 5.91 Å². The number of hydrogen-bond donors (Lipinski definition) is 2. The molecule has 1 fully saturated rings. The Morgan fingerprint density at radius 2 is 1.72 bits per heavy atom.